The Kier molecular flexibility index (Phi) is 6.14. The Bertz CT molecular complexity index is 751. The Morgan fingerprint density at radius 2 is 2.19 bits per heavy atom. The van der Waals surface area contributed by atoms with Crippen LogP contribution in [0.1, 0.15) is 31.2 Å². The second kappa shape index (κ2) is 8.54. The molecule has 0 bridgehead atoms. The number of fused-ring (bicyclic) bond motifs is 1. The Hall–Kier alpha value is -2.08. The molecule has 1 aromatic heterocycles. The van der Waals surface area contributed by atoms with Crippen molar-refractivity contribution in [2.24, 2.45) is 10.4 Å². The zero-order valence-corrected chi connectivity index (χ0v) is 15.7. The maximum atomic E-state index is 13.3. The third-order valence-electron chi connectivity index (χ3n) is 5.52. The molecule has 0 aliphatic heterocycles. The highest BCUT2D eigenvalue weighted by Gasteiger charge is 2.36. The fourth-order valence-corrected chi connectivity index (χ4v) is 3.68. The minimum Gasteiger partial charge on any atom is -0.385 e. The SMILES string of the molecule is CN=C(NCCc1c[nH]c2cc(F)ccc12)NCC1(CCOC)CCC1. The van der Waals surface area contributed by atoms with Crippen molar-refractivity contribution in [3.8, 4) is 0 Å². The number of methoxy groups -OCH3 is 1. The van der Waals surface area contributed by atoms with E-state index in [1.165, 1.54) is 37.0 Å². The van der Waals surface area contributed by atoms with Crippen molar-refractivity contribution < 1.29 is 9.13 Å². The summed E-state index contributed by atoms with van der Waals surface area (Å²) in [7, 11) is 3.56. The van der Waals surface area contributed by atoms with Crippen LogP contribution in [0.4, 0.5) is 4.39 Å². The number of aromatic nitrogens is 1. The van der Waals surface area contributed by atoms with Gasteiger partial charge in [-0.25, -0.2) is 4.39 Å². The summed E-state index contributed by atoms with van der Waals surface area (Å²) in [6.45, 7) is 2.52. The molecule has 1 fully saturated rings. The van der Waals surface area contributed by atoms with Crippen molar-refractivity contribution in [2.45, 2.75) is 32.1 Å². The van der Waals surface area contributed by atoms with Crippen molar-refractivity contribution in [3.63, 3.8) is 0 Å². The summed E-state index contributed by atoms with van der Waals surface area (Å²) in [6.07, 6.45) is 7.72. The predicted octanol–water partition coefficient (Wildman–Crippen LogP) is 3.22. The molecule has 1 aliphatic rings. The number of H-pyrrole nitrogens is 1. The third-order valence-corrected chi connectivity index (χ3v) is 5.52. The average molecular weight is 360 g/mol. The lowest BCUT2D eigenvalue weighted by Gasteiger charge is -2.42. The number of rotatable bonds is 8. The second-order valence-electron chi connectivity index (χ2n) is 7.20. The van der Waals surface area contributed by atoms with Crippen molar-refractivity contribution >= 4 is 16.9 Å². The fourth-order valence-electron chi connectivity index (χ4n) is 3.68. The van der Waals surface area contributed by atoms with Crippen LogP contribution in [0, 0.1) is 11.2 Å². The zero-order chi connectivity index (χ0) is 18.4. The van der Waals surface area contributed by atoms with Gasteiger partial charge in [0.25, 0.3) is 0 Å². The lowest BCUT2D eigenvalue weighted by molar-refractivity contribution is 0.0732. The quantitative estimate of drug-likeness (QED) is 0.500. The van der Waals surface area contributed by atoms with Gasteiger partial charge in [0.15, 0.2) is 5.96 Å². The van der Waals surface area contributed by atoms with Crippen molar-refractivity contribution in [1.82, 2.24) is 15.6 Å². The molecule has 142 valence electrons. The lowest BCUT2D eigenvalue weighted by atomic mass is 9.67. The van der Waals surface area contributed by atoms with Gasteiger partial charge in [-0.2, -0.15) is 0 Å². The number of guanidine groups is 1. The molecule has 0 radical (unpaired) electrons. The molecule has 1 heterocycles. The van der Waals surface area contributed by atoms with Crippen molar-refractivity contribution in [2.75, 3.05) is 33.9 Å². The van der Waals surface area contributed by atoms with Gasteiger partial charge in [-0.1, -0.05) is 6.42 Å². The third kappa shape index (κ3) is 4.36. The summed E-state index contributed by atoms with van der Waals surface area (Å²) in [6, 6.07) is 4.87. The summed E-state index contributed by atoms with van der Waals surface area (Å²) < 4.78 is 18.5. The molecule has 5 nitrogen and oxygen atoms in total. The van der Waals surface area contributed by atoms with Crippen LogP contribution in [0.2, 0.25) is 0 Å². The van der Waals surface area contributed by atoms with E-state index in [4.69, 9.17) is 4.74 Å². The first-order valence-electron chi connectivity index (χ1n) is 9.35. The number of halogens is 1. The summed E-state index contributed by atoms with van der Waals surface area (Å²) >= 11 is 0. The van der Waals surface area contributed by atoms with E-state index in [1.807, 2.05) is 12.3 Å². The molecule has 6 heteroatoms. The van der Waals surface area contributed by atoms with E-state index >= 15 is 0 Å². The summed E-state index contributed by atoms with van der Waals surface area (Å²) in [4.78, 5) is 7.46. The van der Waals surface area contributed by atoms with Crippen LogP contribution in [0.15, 0.2) is 29.4 Å². The van der Waals surface area contributed by atoms with Gasteiger partial charge in [-0.3, -0.25) is 4.99 Å². The highest BCUT2D eigenvalue weighted by atomic mass is 19.1. The van der Waals surface area contributed by atoms with Crippen LogP contribution in [0.5, 0.6) is 0 Å². The lowest BCUT2D eigenvalue weighted by Crippen LogP contribution is -2.47. The van der Waals surface area contributed by atoms with Crippen LogP contribution < -0.4 is 10.6 Å². The smallest absolute Gasteiger partial charge is 0.191 e. The Labute approximate surface area is 154 Å². The Morgan fingerprint density at radius 1 is 1.35 bits per heavy atom. The molecule has 2 aromatic rings. The first-order chi connectivity index (χ1) is 12.7. The van der Waals surface area contributed by atoms with Gasteiger partial charge in [0.2, 0.25) is 0 Å². The number of nitrogens with zero attached hydrogens (tertiary/aromatic N) is 1. The number of benzene rings is 1. The molecule has 0 saturated heterocycles. The monoisotopic (exact) mass is 360 g/mol. The number of aromatic amines is 1. The number of ether oxygens (including phenoxy) is 1. The van der Waals surface area contributed by atoms with Gasteiger partial charge in [0.05, 0.1) is 0 Å². The van der Waals surface area contributed by atoms with Crippen molar-refractivity contribution in [3.05, 3.63) is 35.8 Å². The molecule has 0 unspecified atom stereocenters. The normalized spacial score (nSPS) is 16.5. The Balaban J connectivity index is 1.48. The predicted molar refractivity (Wildman–Crippen MR) is 104 cm³/mol. The van der Waals surface area contributed by atoms with E-state index in [1.54, 1.807) is 14.2 Å². The second-order valence-corrected chi connectivity index (χ2v) is 7.20. The average Bonchev–Trinajstić information content (AvgIpc) is 3.00. The molecule has 0 amide bonds. The van der Waals surface area contributed by atoms with Crippen molar-refractivity contribution in [1.29, 1.82) is 0 Å². The van der Waals surface area contributed by atoms with Gasteiger partial charge in [-0.15, -0.1) is 0 Å². The summed E-state index contributed by atoms with van der Waals surface area (Å²) in [5.74, 6) is 0.617. The number of hydrogen-bond acceptors (Lipinski definition) is 2. The molecule has 1 aromatic carbocycles. The molecule has 0 spiro atoms. The van der Waals surface area contributed by atoms with E-state index in [2.05, 4.69) is 20.6 Å². The van der Waals surface area contributed by atoms with E-state index in [0.29, 0.717) is 5.41 Å². The van der Waals surface area contributed by atoms with Crippen LogP contribution in [-0.2, 0) is 11.2 Å². The minimum atomic E-state index is -0.216. The molecule has 0 atom stereocenters. The molecule has 3 N–H and O–H groups in total. The van der Waals surface area contributed by atoms with Crippen LogP contribution in [0.3, 0.4) is 0 Å². The first kappa shape index (κ1) is 18.7. The topological polar surface area (TPSA) is 61.4 Å². The van der Waals surface area contributed by atoms with Crippen LogP contribution in [-0.4, -0.2) is 44.8 Å². The maximum Gasteiger partial charge on any atom is 0.191 e. The molecular formula is C20H29FN4O. The standard InChI is InChI=1S/C20H29FN4O/c1-22-19(25-14-20(7-3-8-20)9-11-26-2)23-10-6-15-13-24-18-12-16(21)4-5-17(15)18/h4-5,12-13,24H,3,6-11,14H2,1-2H3,(H2,22,23,25). The van der Waals surface area contributed by atoms with E-state index in [0.717, 1.165) is 49.4 Å². The van der Waals surface area contributed by atoms with E-state index in [-0.39, 0.29) is 5.82 Å². The van der Waals surface area contributed by atoms with Gasteiger partial charge < -0.3 is 20.4 Å². The highest BCUT2D eigenvalue weighted by molar-refractivity contribution is 5.83. The number of hydrogen-bond donors (Lipinski definition) is 3. The molecule has 3 rings (SSSR count). The highest BCUT2D eigenvalue weighted by Crippen LogP contribution is 2.43. The molecular weight excluding hydrogens is 331 g/mol. The van der Waals surface area contributed by atoms with Crippen LogP contribution in [0.25, 0.3) is 10.9 Å². The Morgan fingerprint density at radius 3 is 2.88 bits per heavy atom. The summed E-state index contributed by atoms with van der Waals surface area (Å²) in [5.41, 5.74) is 2.38. The number of nitrogens with one attached hydrogen (secondary N) is 3. The molecule has 1 aliphatic carbocycles. The van der Waals surface area contributed by atoms with Crippen LogP contribution >= 0.6 is 0 Å². The number of aliphatic imine (C=N–C) groups is 1. The summed E-state index contributed by atoms with van der Waals surface area (Å²) in [5, 5.41) is 7.93. The van der Waals surface area contributed by atoms with E-state index < -0.39 is 0 Å². The largest absolute Gasteiger partial charge is 0.385 e. The first-order valence-corrected chi connectivity index (χ1v) is 9.35. The molecule has 1 saturated carbocycles. The van der Waals surface area contributed by atoms with Gasteiger partial charge in [0, 0.05) is 51.0 Å². The van der Waals surface area contributed by atoms with Gasteiger partial charge in [-0.05, 0) is 54.9 Å². The van der Waals surface area contributed by atoms with Gasteiger partial charge in [0.1, 0.15) is 5.82 Å². The minimum absolute atomic E-state index is 0.216. The van der Waals surface area contributed by atoms with E-state index in [9.17, 15) is 4.39 Å². The van der Waals surface area contributed by atoms with Gasteiger partial charge >= 0.3 is 0 Å². The maximum absolute atomic E-state index is 13.3. The fraction of sp³-hybridized carbons (Fsp3) is 0.550. The zero-order valence-electron chi connectivity index (χ0n) is 15.7. The molecule has 26 heavy (non-hydrogen) atoms.